The molecule has 0 aliphatic rings. The van der Waals surface area contributed by atoms with Gasteiger partial charge in [-0.15, -0.1) is 0 Å². The van der Waals surface area contributed by atoms with E-state index in [0.717, 1.165) is 15.7 Å². The van der Waals surface area contributed by atoms with E-state index in [1.165, 1.54) is 6.07 Å². The summed E-state index contributed by atoms with van der Waals surface area (Å²) in [6.07, 6.45) is 3.26. The van der Waals surface area contributed by atoms with E-state index < -0.39 is 0 Å². The maximum Gasteiger partial charge on any atom is 0.189 e. The molecule has 0 saturated carbocycles. The van der Waals surface area contributed by atoms with E-state index in [0.29, 0.717) is 16.7 Å². The topological polar surface area (TPSA) is 57.8 Å². The molecule has 3 rings (SSSR count). The number of nitrogens with zero attached hydrogens (tertiary/aromatic N) is 1. The normalized spacial score (nSPS) is 10.7. The minimum absolute atomic E-state index is 0.0184. The van der Waals surface area contributed by atoms with Crippen molar-refractivity contribution in [2.24, 2.45) is 0 Å². The van der Waals surface area contributed by atoms with Gasteiger partial charge in [-0.1, -0.05) is 22.0 Å². The zero-order valence-electron chi connectivity index (χ0n) is 10.8. The van der Waals surface area contributed by atoms with Gasteiger partial charge in [0.05, 0.1) is 10.9 Å². The van der Waals surface area contributed by atoms with Crippen LogP contribution in [0.1, 0.15) is 5.56 Å². The molecule has 0 radical (unpaired) electrons. The van der Waals surface area contributed by atoms with Crippen LogP contribution in [0.5, 0.6) is 0 Å². The van der Waals surface area contributed by atoms with Crippen molar-refractivity contribution in [1.29, 1.82) is 0 Å². The van der Waals surface area contributed by atoms with Gasteiger partial charge in [-0.2, -0.15) is 0 Å². The summed E-state index contributed by atoms with van der Waals surface area (Å²) in [5, 5.41) is 3.89. The molecule has 5 heteroatoms. The second-order valence-corrected chi connectivity index (χ2v) is 5.32. The van der Waals surface area contributed by atoms with Crippen LogP contribution >= 0.6 is 15.9 Å². The Balaban J connectivity index is 2.14. The van der Waals surface area contributed by atoms with E-state index in [2.05, 4.69) is 31.2 Å². The van der Waals surface area contributed by atoms with E-state index >= 15 is 0 Å². The number of H-pyrrole nitrogens is 1. The van der Waals surface area contributed by atoms with Gasteiger partial charge in [-0.3, -0.25) is 4.79 Å². The number of aromatic amines is 1. The first-order chi connectivity index (χ1) is 9.66. The van der Waals surface area contributed by atoms with Gasteiger partial charge in [0.2, 0.25) is 0 Å². The largest absolute Gasteiger partial charge is 0.358 e. The lowest BCUT2D eigenvalue weighted by atomic mass is 10.2. The van der Waals surface area contributed by atoms with Crippen LogP contribution in [0.25, 0.3) is 10.9 Å². The summed E-state index contributed by atoms with van der Waals surface area (Å²) in [6, 6.07) is 9.14. The molecule has 4 nitrogen and oxygen atoms in total. The number of anilines is 2. The Morgan fingerprint density at radius 1 is 1.25 bits per heavy atom. The Morgan fingerprint density at radius 3 is 2.95 bits per heavy atom. The third-order valence-corrected chi connectivity index (χ3v) is 4.06. The molecule has 20 heavy (non-hydrogen) atoms. The van der Waals surface area contributed by atoms with Gasteiger partial charge in [0, 0.05) is 28.6 Å². The Bertz CT molecular complexity index is 842. The van der Waals surface area contributed by atoms with Crippen LogP contribution in [-0.4, -0.2) is 9.97 Å². The zero-order chi connectivity index (χ0) is 14.1. The molecule has 0 bridgehead atoms. The van der Waals surface area contributed by atoms with Crippen molar-refractivity contribution in [3.63, 3.8) is 0 Å². The van der Waals surface area contributed by atoms with E-state index in [4.69, 9.17) is 0 Å². The number of fused-ring (bicyclic) bond motifs is 1. The SMILES string of the molecule is Cc1c(Br)cccc1Nc1nccc2c(=O)cc[nH]c12. The predicted molar refractivity (Wildman–Crippen MR) is 84.5 cm³/mol. The van der Waals surface area contributed by atoms with Crippen molar-refractivity contribution in [1.82, 2.24) is 9.97 Å². The number of halogens is 1. The third-order valence-electron chi connectivity index (χ3n) is 3.20. The van der Waals surface area contributed by atoms with Crippen LogP contribution in [0.3, 0.4) is 0 Å². The Morgan fingerprint density at radius 2 is 2.10 bits per heavy atom. The molecule has 0 spiro atoms. The standard InChI is InChI=1S/C15H12BrN3O/c1-9-11(16)3-2-4-12(9)19-15-14-10(5-7-18-15)13(20)6-8-17-14/h2-8H,1H3,(H,17,20)(H,18,19). The van der Waals surface area contributed by atoms with Crippen molar-refractivity contribution in [2.45, 2.75) is 6.92 Å². The highest BCUT2D eigenvalue weighted by molar-refractivity contribution is 9.10. The number of aromatic nitrogens is 2. The summed E-state index contributed by atoms with van der Waals surface area (Å²) in [6.45, 7) is 2.01. The molecule has 100 valence electrons. The molecular weight excluding hydrogens is 318 g/mol. The summed E-state index contributed by atoms with van der Waals surface area (Å²) in [5.74, 6) is 0.640. The minimum Gasteiger partial charge on any atom is -0.358 e. The Labute approximate surface area is 124 Å². The average Bonchev–Trinajstić information content (AvgIpc) is 2.45. The summed E-state index contributed by atoms with van der Waals surface area (Å²) in [4.78, 5) is 19.2. The molecule has 3 aromatic rings. The molecule has 2 heterocycles. The fourth-order valence-electron chi connectivity index (χ4n) is 2.07. The van der Waals surface area contributed by atoms with Gasteiger partial charge in [0.15, 0.2) is 11.2 Å². The molecular formula is C15H12BrN3O. The molecule has 0 aliphatic heterocycles. The lowest BCUT2D eigenvalue weighted by Gasteiger charge is -2.11. The second-order valence-electron chi connectivity index (χ2n) is 4.46. The molecule has 0 amide bonds. The number of nitrogens with one attached hydrogen (secondary N) is 2. The first kappa shape index (κ1) is 12.9. The number of rotatable bonds is 2. The smallest absolute Gasteiger partial charge is 0.189 e. The highest BCUT2D eigenvalue weighted by Crippen LogP contribution is 2.27. The van der Waals surface area contributed by atoms with E-state index in [-0.39, 0.29) is 5.43 Å². The molecule has 2 N–H and O–H groups in total. The fourth-order valence-corrected chi connectivity index (χ4v) is 2.44. The average molecular weight is 330 g/mol. The number of hydrogen-bond donors (Lipinski definition) is 2. The van der Waals surface area contributed by atoms with Crippen molar-refractivity contribution >= 4 is 38.3 Å². The van der Waals surface area contributed by atoms with Gasteiger partial charge < -0.3 is 10.3 Å². The molecule has 2 aromatic heterocycles. The molecule has 0 aliphatic carbocycles. The van der Waals surface area contributed by atoms with Gasteiger partial charge >= 0.3 is 0 Å². The van der Waals surface area contributed by atoms with Crippen molar-refractivity contribution in [3.05, 3.63) is 63.0 Å². The minimum atomic E-state index is -0.0184. The number of hydrogen-bond acceptors (Lipinski definition) is 3. The molecule has 0 atom stereocenters. The third kappa shape index (κ3) is 2.20. The van der Waals surface area contributed by atoms with Crippen molar-refractivity contribution in [2.75, 3.05) is 5.32 Å². The molecule has 1 aromatic carbocycles. The quantitative estimate of drug-likeness (QED) is 0.753. The van der Waals surface area contributed by atoms with Gasteiger partial charge in [0.25, 0.3) is 0 Å². The van der Waals surface area contributed by atoms with Crippen LogP contribution in [0.15, 0.2) is 52.0 Å². The maximum atomic E-state index is 11.8. The highest BCUT2D eigenvalue weighted by Gasteiger charge is 2.07. The Hall–Kier alpha value is -2.14. The van der Waals surface area contributed by atoms with E-state index in [1.54, 1.807) is 18.5 Å². The van der Waals surface area contributed by atoms with Gasteiger partial charge in [0.1, 0.15) is 0 Å². The summed E-state index contributed by atoms with van der Waals surface area (Å²) >= 11 is 3.50. The molecule has 0 saturated heterocycles. The summed E-state index contributed by atoms with van der Waals surface area (Å²) in [7, 11) is 0. The monoisotopic (exact) mass is 329 g/mol. The van der Waals surface area contributed by atoms with Crippen molar-refractivity contribution in [3.8, 4) is 0 Å². The zero-order valence-corrected chi connectivity index (χ0v) is 12.4. The molecule has 0 fully saturated rings. The fraction of sp³-hybridized carbons (Fsp3) is 0.0667. The van der Waals surface area contributed by atoms with Gasteiger partial charge in [-0.25, -0.2) is 4.98 Å². The molecule has 0 unspecified atom stereocenters. The second kappa shape index (κ2) is 5.09. The van der Waals surface area contributed by atoms with Gasteiger partial charge in [-0.05, 0) is 30.7 Å². The van der Waals surface area contributed by atoms with Crippen LogP contribution in [0, 0.1) is 6.92 Å². The van der Waals surface area contributed by atoms with Crippen LogP contribution in [0.2, 0.25) is 0 Å². The van der Waals surface area contributed by atoms with Crippen LogP contribution in [0.4, 0.5) is 11.5 Å². The van der Waals surface area contributed by atoms with Crippen LogP contribution < -0.4 is 10.7 Å². The van der Waals surface area contributed by atoms with E-state index in [9.17, 15) is 4.79 Å². The van der Waals surface area contributed by atoms with E-state index in [1.807, 2.05) is 25.1 Å². The number of pyridine rings is 2. The maximum absolute atomic E-state index is 11.8. The first-order valence-electron chi connectivity index (χ1n) is 6.15. The highest BCUT2D eigenvalue weighted by atomic mass is 79.9. The summed E-state index contributed by atoms with van der Waals surface area (Å²) < 4.78 is 1.02. The first-order valence-corrected chi connectivity index (χ1v) is 6.94. The summed E-state index contributed by atoms with van der Waals surface area (Å²) in [5.41, 5.74) is 2.73. The van der Waals surface area contributed by atoms with Crippen molar-refractivity contribution < 1.29 is 0 Å². The Kier molecular flexibility index (Phi) is 3.28. The number of benzene rings is 1. The lowest BCUT2D eigenvalue weighted by molar-refractivity contribution is 1.28. The predicted octanol–water partition coefficient (Wildman–Crippen LogP) is 3.74. The lowest BCUT2D eigenvalue weighted by Crippen LogP contribution is -2.04. The van der Waals surface area contributed by atoms with Crippen LogP contribution in [-0.2, 0) is 0 Å².